The zero-order valence-corrected chi connectivity index (χ0v) is 26.3. The molecule has 0 radical (unpaired) electrons. The third-order valence-electron chi connectivity index (χ3n) is 9.56. The van der Waals surface area contributed by atoms with Crippen molar-refractivity contribution < 1.29 is 31.1 Å². The van der Waals surface area contributed by atoms with Gasteiger partial charge in [0.05, 0.1) is 22.0 Å². The molecular weight excluding hydrogens is 605 g/mol. The number of ether oxygens (including phenoxy) is 1. The highest BCUT2D eigenvalue weighted by atomic mass is 32.2. The molecule has 2 aromatic carbocycles. The van der Waals surface area contributed by atoms with E-state index in [9.17, 15) is 26.4 Å². The van der Waals surface area contributed by atoms with Crippen LogP contribution in [0.2, 0.25) is 0 Å². The summed E-state index contributed by atoms with van der Waals surface area (Å²) in [5.74, 6) is -0.413. The number of halogens is 3. The Kier molecular flexibility index (Phi) is 8.07. The molecule has 2 atom stereocenters. The zero-order valence-electron chi connectivity index (χ0n) is 25.5. The first-order chi connectivity index (χ1) is 21.3. The van der Waals surface area contributed by atoms with E-state index in [2.05, 4.69) is 14.7 Å². The van der Waals surface area contributed by atoms with Crippen LogP contribution >= 0.6 is 0 Å². The van der Waals surface area contributed by atoms with Crippen molar-refractivity contribution in [3.05, 3.63) is 65.2 Å². The third-order valence-corrected chi connectivity index (χ3v) is 10.9. The Hall–Kier alpha value is -3.67. The summed E-state index contributed by atoms with van der Waals surface area (Å²) in [4.78, 5) is 24.4. The van der Waals surface area contributed by atoms with Gasteiger partial charge >= 0.3 is 6.18 Å². The summed E-state index contributed by atoms with van der Waals surface area (Å²) in [5.41, 5.74) is 1.10. The first kappa shape index (κ1) is 31.3. The molecule has 12 heteroatoms. The lowest BCUT2D eigenvalue weighted by Gasteiger charge is -2.41. The van der Waals surface area contributed by atoms with E-state index < -0.39 is 39.6 Å². The first-order valence-electron chi connectivity index (χ1n) is 15.4. The fraction of sp³-hybridized carbons (Fsp3) is 0.485. The molecule has 0 unspecified atom stereocenters. The third kappa shape index (κ3) is 6.25. The van der Waals surface area contributed by atoms with Crippen LogP contribution < -0.4 is 9.46 Å². The van der Waals surface area contributed by atoms with Crippen molar-refractivity contribution in [1.29, 1.82) is 0 Å². The van der Waals surface area contributed by atoms with E-state index in [1.54, 1.807) is 6.07 Å². The number of sulfonamides is 1. The number of amides is 1. The summed E-state index contributed by atoms with van der Waals surface area (Å²) in [6.45, 7) is 5.40. The molecule has 1 aliphatic heterocycles. The van der Waals surface area contributed by atoms with Gasteiger partial charge in [-0.2, -0.15) is 18.2 Å². The van der Waals surface area contributed by atoms with E-state index in [-0.39, 0.29) is 48.2 Å². The molecule has 0 spiro atoms. The number of nitrogens with zero attached hydrogens (tertiary/aromatic N) is 3. The predicted molar refractivity (Wildman–Crippen MR) is 163 cm³/mol. The molecule has 0 saturated heterocycles. The van der Waals surface area contributed by atoms with Gasteiger partial charge in [0.1, 0.15) is 6.61 Å². The summed E-state index contributed by atoms with van der Waals surface area (Å²) in [6, 6.07) is 11.5. The molecule has 1 amide bonds. The minimum atomic E-state index is -4.43. The topological polar surface area (TPSA) is 101 Å². The molecule has 2 fully saturated rings. The first-order valence-corrected chi connectivity index (χ1v) is 16.9. The summed E-state index contributed by atoms with van der Waals surface area (Å²) in [7, 11) is -4.25. The van der Waals surface area contributed by atoms with Gasteiger partial charge < -0.3 is 9.64 Å². The Bertz CT molecular complexity index is 1700. The van der Waals surface area contributed by atoms with E-state index in [1.165, 1.54) is 29.2 Å². The second-order valence-corrected chi connectivity index (χ2v) is 14.5. The van der Waals surface area contributed by atoms with Crippen molar-refractivity contribution in [2.75, 3.05) is 11.3 Å². The maximum absolute atomic E-state index is 14.4. The SMILES string of the molecule is Cc1cccc(C)c1-c1cc2nc(n1)NS(=O)(=O)c1cccc(c1)C(=O)N([C@@H](C)CC1CCC1)[C@H](CC1(C(F)(F)F)CC1)CO2. The molecule has 4 bridgehead atoms. The van der Waals surface area contributed by atoms with Gasteiger partial charge in [0, 0.05) is 23.2 Å². The largest absolute Gasteiger partial charge is 0.475 e. The number of anilines is 1. The van der Waals surface area contributed by atoms with Crippen LogP contribution in [0.25, 0.3) is 11.3 Å². The molecule has 1 N–H and O–H groups in total. The summed E-state index contributed by atoms with van der Waals surface area (Å²) in [5, 5.41) is 0. The smallest absolute Gasteiger partial charge is 0.394 e. The number of hydrogen-bond acceptors (Lipinski definition) is 6. The van der Waals surface area contributed by atoms with Crippen molar-refractivity contribution in [2.45, 2.75) is 88.9 Å². The van der Waals surface area contributed by atoms with Gasteiger partial charge in [-0.1, -0.05) is 43.5 Å². The fourth-order valence-electron chi connectivity index (χ4n) is 6.69. The minimum absolute atomic E-state index is 0.00721. The van der Waals surface area contributed by atoms with Gasteiger partial charge in [-0.15, -0.1) is 0 Å². The zero-order chi connectivity index (χ0) is 32.1. The van der Waals surface area contributed by atoms with E-state index in [0.29, 0.717) is 18.0 Å². The Morgan fingerprint density at radius 1 is 1.07 bits per heavy atom. The van der Waals surface area contributed by atoms with Crippen LogP contribution in [0.3, 0.4) is 0 Å². The molecule has 3 aromatic rings. The van der Waals surface area contributed by atoms with E-state index >= 15 is 0 Å². The average Bonchev–Trinajstić information content (AvgIpc) is 3.74. The van der Waals surface area contributed by atoms with Gasteiger partial charge in [-0.05, 0) is 81.7 Å². The number of carbonyl (C=O) groups excluding carboxylic acids is 1. The van der Waals surface area contributed by atoms with Crippen molar-refractivity contribution >= 4 is 21.9 Å². The van der Waals surface area contributed by atoms with Crippen LogP contribution in [0.15, 0.2) is 53.4 Å². The van der Waals surface area contributed by atoms with Gasteiger partial charge in [0.25, 0.3) is 15.9 Å². The molecule has 240 valence electrons. The maximum atomic E-state index is 14.4. The minimum Gasteiger partial charge on any atom is -0.475 e. The van der Waals surface area contributed by atoms with Crippen LogP contribution in [-0.4, -0.2) is 54.1 Å². The second kappa shape index (κ2) is 11.6. The summed E-state index contributed by atoms with van der Waals surface area (Å²) in [6.07, 6.45) is -1.06. The molecule has 6 rings (SSSR count). The summed E-state index contributed by atoms with van der Waals surface area (Å²) < 4.78 is 78.8. The van der Waals surface area contributed by atoms with Crippen LogP contribution in [0, 0.1) is 25.2 Å². The quantitative estimate of drug-likeness (QED) is 0.309. The van der Waals surface area contributed by atoms with Crippen LogP contribution in [-0.2, 0) is 10.0 Å². The van der Waals surface area contributed by atoms with Gasteiger partial charge in [-0.3, -0.25) is 4.79 Å². The number of alkyl halides is 3. The standard InChI is InChI=1S/C33H37F3N4O4S/c1-20-7-4-8-21(2)29(20)27-17-28-38-31(37-27)39-45(42,43)26-12-6-11-24(16-26)30(41)40(22(3)15-23-9-5-10-23)25(19-44-28)18-32(13-14-32)33(34,35)36/h4,6-8,11-12,16-17,22-23,25H,5,9-10,13-15,18-19H2,1-3H3,(H,37,38,39)/t22-,25+/m0/s1. The molecule has 8 nitrogen and oxygen atoms in total. The lowest BCUT2D eigenvalue weighted by Crippen LogP contribution is -2.51. The van der Waals surface area contributed by atoms with Gasteiger partial charge in [0.15, 0.2) is 0 Å². The maximum Gasteiger partial charge on any atom is 0.394 e. The molecule has 3 aliphatic rings. The highest BCUT2D eigenvalue weighted by Gasteiger charge is 2.64. The molecular formula is C33H37F3N4O4S. The molecule has 2 aliphatic carbocycles. The van der Waals surface area contributed by atoms with Crippen molar-refractivity contribution in [3.63, 3.8) is 0 Å². The fourth-order valence-corrected chi connectivity index (χ4v) is 7.68. The van der Waals surface area contributed by atoms with Gasteiger partial charge in [0.2, 0.25) is 11.8 Å². The normalized spacial score (nSPS) is 21.7. The Labute approximate surface area is 261 Å². The lowest BCUT2D eigenvalue weighted by atomic mass is 9.80. The Morgan fingerprint density at radius 2 is 1.76 bits per heavy atom. The molecule has 45 heavy (non-hydrogen) atoms. The Balaban J connectivity index is 1.49. The van der Waals surface area contributed by atoms with Crippen molar-refractivity contribution in [2.24, 2.45) is 11.3 Å². The second-order valence-electron chi connectivity index (χ2n) is 12.9. The monoisotopic (exact) mass is 642 g/mol. The van der Waals surface area contributed by atoms with Gasteiger partial charge in [-0.25, -0.2) is 18.1 Å². The van der Waals surface area contributed by atoms with Crippen molar-refractivity contribution in [1.82, 2.24) is 14.9 Å². The molecule has 2 heterocycles. The van der Waals surface area contributed by atoms with Crippen LogP contribution in [0.5, 0.6) is 5.88 Å². The lowest BCUT2D eigenvalue weighted by molar-refractivity contribution is -0.193. The number of hydrogen-bond donors (Lipinski definition) is 1. The van der Waals surface area contributed by atoms with Crippen LogP contribution in [0.4, 0.5) is 19.1 Å². The van der Waals surface area contributed by atoms with Crippen molar-refractivity contribution in [3.8, 4) is 17.1 Å². The predicted octanol–water partition coefficient (Wildman–Crippen LogP) is 7.08. The number of fused-ring (bicyclic) bond motifs is 4. The molecule has 2 saturated carbocycles. The number of benzene rings is 2. The average molecular weight is 643 g/mol. The van der Waals surface area contributed by atoms with E-state index in [4.69, 9.17) is 4.74 Å². The Morgan fingerprint density at radius 3 is 2.38 bits per heavy atom. The van der Waals surface area contributed by atoms with E-state index in [0.717, 1.165) is 36.0 Å². The highest BCUT2D eigenvalue weighted by Crippen LogP contribution is 2.61. The molecule has 1 aromatic heterocycles. The number of rotatable bonds is 6. The number of aryl methyl sites for hydroxylation is 2. The summed E-state index contributed by atoms with van der Waals surface area (Å²) >= 11 is 0. The number of aromatic nitrogens is 2. The number of carbonyl (C=O) groups is 1. The van der Waals surface area contributed by atoms with E-state index in [1.807, 2.05) is 39.0 Å². The number of nitrogens with one attached hydrogen (secondary N) is 1. The highest BCUT2D eigenvalue weighted by molar-refractivity contribution is 7.92. The van der Waals surface area contributed by atoms with Crippen LogP contribution in [0.1, 0.15) is 73.4 Å².